The Hall–Kier alpha value is -2.61. The molecule has 0 heterocycles. The van der Waals surface area contributed by atoms with Gasteiger partial charge in [-0.2, -0.15) is 5.26 Å². The zero-order valence-corrected chi connectivity index (χ0v) is 13.8. The van der Waals surface area contributed by atoms with Crippen molar-refractivity contribution in [2.45, 2.75) is 39.2 Å². The van der Waals surface area contributed by atoms with Gasteiger partial charge in [0.25, 0.3) is 0 Å². The summed E-state index contributed by atoms with van der Waals surface area (Å²) in [4.78, 5) is 23.1. The van der Waals surface area contributed by atoms with Crippen LogP contribution in [0.25, 0.3) is 6.08 Å². The van der Waals surface area contributed by atoms with Crippen molar-refractivity contribution in [2.75, 3.05) is 6.54 Å². The quantitative estimate of drug-likeness (QED) is 0.641. The van der Waals surface area contributed by atoms with Crippen LogP contribution in [0.15, 0.2) is 30.3 Å². The lowest BCUT2D eigenvalue weighted by Crippen LogP contribution is -2.32. The van der Waals surface area contributed by atoms with Crippen LogP contribution in [0.3, 0.4) is 0 Å². The maximum Gasteiger partial charge on any atom is 0.407 e. The number of rotatable bonds is 6. The first kappa shape index (κ1) is 18.4. The molecule has 5 nitrogen and oxygen atoms in total. The lowest BCUT2D eigenvalue weighted by Gasteiger charge is -2.19. The molecule has 0 aliphatic heterocycles. The van der Waals surface area contributed by atoms with E-state index in [2.05, 4.69) is 5.32 Å². The highest BCUT2D eigenvalue weighted by molar-refractivity contribution is 5.97. The van der Waals surface area contributed by atoms with Gasteiger partial charge < -0.3 is 10.1 Å². The van der Waals surface area contributed by atoms with Crippen molar-refractivity contribution in [1.29, 1.82) is 5.26 Å². The number of carbonyl (C=O) groups excluding carboxylic acids is 2. The maximum absolute atomic E-state index is 11.7. The Morgan fingerprint density at radius 1 is 1.35 bits per heavy atom. The molecule has 5 heteroatoms. The van der Waals surface area contributed by atoms with Crippen LogP contribution in [-0.2, 0) is 4.74 Å². The largest absolute Gasteiger partial charge is 0.444 e. The van der Waals surface area contributed by atoms with Crippen molar-refractivity contribution in [1.82, 2.24) is 5.32 Å². The predicted octanol–water partition coefficient (Wildman–Crippen LogP) is 3.71. The molecule has 0 unspecified atom stereocenters. The molecular weight excluding hydrogens is 292 g/mol. The van der Waals surface area contributed by atoms with Crippen LogP contribution in [0.1, 0.15) is 49.5 Å². The van der Waals surface area contributed by atoms with Gasteiger partial charge in [0.1, 0.15) is 5.60 Å². The van der Waals surface area contributed by atoms with Gasteiger partial charge in [-0.05, 0) is 38.8 Å². The van der Waals surface area contributed by atoms with E-state index >= 15 is 0 Å². The molecule has 1 aromatic carbocycles. The lowest BCUT2D eigenvalue weighted by molar-refractivity contribution is 0.0528. The number of nitriles is 1. The van der Waals surface area contributed by atoms with Gasteiger partial charge in [0, 0.05) is 12.1 Å². The van der Waals surface area contributed by atoms with E-state index in [0.29, 0.717) is 18.5 Å². The normalized spacial score (nSPS) is 11.0. The summed E-state index contributed by atoms with van der Waals surface area (Å²) in [5.74, 6) is -0.186. The first-order valence-electron chi connectivity index (χ1n) is 7.45. The van der Waals surface area contributed by atoms with Gasteiger partial charge in [0.15, 0.2) is 5.78 Å². The van der Waals surface area contributed by atoms with Crippen molar-refractivity contribution in [3.05, 3.63) is 41.5 Å². The van der Waals surface area contributed by atoms with E-state index in [9.17, 15) is 9.59 Å². The molecular formula is C18H22N2O3. The van der Waals surface area contributed by atoms with Gasteiger partial charge in [0.05, 0.1) is 12.5 Å². The summed E-state index contributed by atoms with van der Waals surface area (Å²) in [7, 11) is 0. The smallest absolute Gasteiger partial charge is 0.407 e. The monoisotopic (exact) mass is 314 g/mol. The number of nitrogens with zero attached hydrogens (tertiary/aromatic N) is 1. The number of nitrogens with one attached hydrogen (secondary N) is 1. The van der Waals surface area contributed by atoms with Crippen molar-refractivity contribution in [3.63, 3.8) is 0 Å². The molecule has 0 bridgehead atoms. The fourth-order valence-corrected chi connectivity index (χ4v) is 1.78. The van der Waals surface area contributed by atoms with Crippen molar-refractivity contribution in [2.24, 2.45) is 0 Å². The van der Waals surface area contributed by atoms with Gasteiger partial charge >= 0.3 is 6.09 Å². The summed E-state index contributed by atoms with van der Waals surface area (Å²) in [6.45, 7) is 5.91. The molecule has 0 aliphatic rings. The van der Waals surface area contributed by atoms with E-state index < -0.39 is 11.7 Å². The van der Waals surface area contributed by atoms with Crippen LogP contribution in [0.4, 0.5) is 4.79 Å². The van der Waals surface area contributed by atoms with Gasteiger partial charge in [0.2, 0.25) is 0 Å². The molecule has 122 valence electrons. The molecule has 0 spiro atoms. The molecule has 0 radical (unpaired) electrons. The highest BCUT2D eigenvalue weighted by Gasteiger charge is 2.15. The summed E-state index contributed by atoms with van der Waals surface area (Å²) in [5.41, 5.74) is 0.905. The van der Waals surface area contributed by atoms with E-state index in [1.165, 1.54) is 0 Å². The Kier molecular flexibility index (Phi) is 7.01. The van der Waals surface area contributed by atoms with E-state index in [-0.39, 0.29) is 12.2 Å². The summed E-state index contributed by atoms with van der Waals surface area (Å²) in [5, 5.41) is 11.2. The third kappa shape index (κ3) is 7.82. The average Bonchev–Trinajstić information content (AvgIpc) is 2.45. The number of ketones is 1. The van der Waals surface area contributed by atoms with E-state index in [1.54, 1.807) is 18.2 Å². The third-order valence-electron chi connectivity index (χ3n) is 2.74. The maximum atomic E-state index is 11.7. The molecule has 1 N–H and O–H groups in total. The van der Waals surface area contributed by atoms with Crippen LogP contribution in [-0.4, -0.2) is 24.0 Å². The second-order valence-electron chi connectivity index (χ2n) is 6.00. The van der Waals surface area contributed by atoms with E-state index in [0.717, 1.165) is 5.56 Å². The molecule has 0 fully saturated rings. The fourth-order valence-electron chi connectivity index (χ4n) is 1.78. The average molecular weight is 314 g/mol. The molecule has 23 heavy (non-hydrogen) atoms. The molecule has 1 amide bonds. The molecule has 1 aromatic rings. The van der Waals surface area contributed by atoms with Gasteiger partial charge in [-0.1, -0.05) is 30.4 Å². The Balaban J connectivity index is 2.44. The summed E-state index contributed by atoms with van der Waals surface area (Å²) in [6, 6.07) is 8.95. The minimum Gasteiger partial charge on any atom is -0.444 e. The van der Waals surface area contributed by atoms with Crippen LogP contribution < -0.4 is 5.32 Å². The number of ether oxygens (including phenoxy) is 1. The third-order valence-corrected chi connectivity index (χ3v) is 2.74. The molecule has 0 saturated heterocycles. The van der Waals surface area contributed by atoms with E-state index in [1.807, 2.05) is 45.1 Å². The Morgan fingerprint density at radius 3 is 2.74 bits per heavy atom. The number of benzene rings is 1. The van der Waals surface area contributed by atoms with Crippen LogP contribution in [0.5, 0.6) is 0 Å². The van der Waals surface area contributed by atoms with E-state index in [4.69, 9.17) is 10.00 Å². The molecule has 0 aliphatic carbocycles. The highest BCUT2D eigenvalue weighted by atomic mass is 16.6. The highest BCUT2D eigenvalue weighted by Crippen LogP contribution is 2.10. The van der Waals surface area contributed by atoms with Gasteiger partial charge in [-0.3, -0.25) is 4.79 Å². The summed E-state index contributed by atoms with van der Waals surface area (Å²) >= 11 is 0. The number of amides is 1. The van der Waals surface area contributed by atoms with Crippen LogP contribution >= 0.6 is 0 Å². The van der Waals surface area contributed by atoms with Crippen molar-refractivity contribution < 1.29 is 14.3 Å². The first-order chi connectivity index (χ1) is 10.8. The molecule has 0 aromatic heterocycles. The van der Waals surface area contributed by atoms with Crippen LogP contribution in [0, 0.1) is 11.3 Å². The number of alkyl carbamates (subject to hydrolysis) is 1. The molecule has 0 saturated carbocycles. The number of carbonyl (C=O) groups is 2. The zero-order chi connectivity index (χ0) is 17.3. The van der Waals surface area contributed by atoms with Gasteiger partial charge in [-0.25, -0.2) is 4.79 Å². The SMILES string of the molecule is CC(C)(C)OC(=O)NCCC=Cc1cccc(C(=O)CC#N)c1. The number of hydrogen-bond acceptors (Lipinski definition) is 4. The summed E-state index contributed by atoms with van der Waals surface area (Å²) in [6.07, 6.45) is 3.88. The molecule has 1 rings (SSSR count). The Morgan fingerprint density at radius 2 is 2.09 bits per heavy atom. The van der Waals surface area contributed by atoms with Crippen molar-refractivity contribution >= 4 is 18.0 Å². The topological polar surface area (TPSA) is 79.2 Å². The number of Topliss-reactive ketones (excluding diaryl/α,β-unsaturated/α-hetero) is 1. The second-order valence-corrected chi connectivity index (χ2v) is 6.00. The minimum absolute atomic E-state index is 0.118. The van der Waals surface area contributed by atoms with Gasteiger partial charge in [-0.15, -0.1) is 0 Å². The van der Waals surface area contributed by atoms with Crippen molar-refractivity contribution in [3.8, 4) is 6.07 Å². The Labute approximate surface area is 137 Å². The minimum atomic E-state index is -0.504. The standard InChI is InChI=1S/C18H22N2O3/c1-18(2,3)23-17(22)20-12-5-4-7-14-8-6-9-15(13-14)16(21)10-11-19/h4,6-9,13H,5,10,12H2,1-3H3,(H,20,22). The summed E-state index contributed by atoms with van der Waals surface area (Å²) < 4.78 is 5.13. The van der Waals surface area contributed by atoms with Crippen LogP contribution in [0.2, 0.25) is 0 Å². The molecule has 0 atom stereocenters. The lowest BCUT2D eigenvalue weighted by atomic mass is 10.1. The Bertz CT molecular complexity index is 622. The first-order valence-corrected chi connectivity index (χ1v) is 7.45. The second kappa shape index (κ2) is 8.74. The number of hydrogen-bond donors (Lipinski definition) is 1. The zero-order valence-electron chi connectivity index (χ0n) is 13.8. The fraction of sp³-hybridized carbons (Fsp3) is 0.389. The predicted molar refractivity (Wildman–Crippen MR) is 88.9 cm³/mol.